The number of aromatic amines is 2. The summed E-state index contributed by atoms with van der Waals surface area (Å²) in [5, 5.41) is 31.4. The van der Waals surface area contributed by atoms with Crippen LogP contribution in [0.5, 0.6) is 0 Å². The molecule has 0 spiro atoms. The van der Waals surface area contributed by atoms with Gasteiger partial charge in [-0.05, 0) is 31.9 Å². The van der Waals surface area contributed by atoms with Crippen LogP contribution in [0, 0.1) is 29.6 Å². The Morgan fingerprint density at radius 1 is 1.14 bits per heavy atom. The van der Waals surface area contributed by atoms with Gasteiger partial charge in [0.15, 0.2) is 11.1 Å². The first kappa shape index (κ1) is 21.6. The molecule has 4 aromatic rings. The number of H-pyrrole nitrogens is 2. The summed E-state index contributed by atoms with van der Waals surface area (Å²) in [7, 11) is 0. The third-order valence-electron chi connectivity index (χ3n) is 5.90. The monoisotopic (exact) mass is 463 g/mol. The van der Waals surface area contributed by atoms with Crippen molar-refractivity contribution < 1.29 is 4.42 Å². The van der Waals surface area contributed by atoms with Crippen molar-refractivity contribution in [2.24, 2.45) is 10.2 Å². The number of hydrogen-bond acceptors (Lipinski definition) is 7. The minimum Gasteiger partial charge on any atom is -0.463 e. The number of nitrogens with one attached hydrogen (secondary N) is 2. The lowest BCUT2D eigenvalue weighted by Crippen LogP contribution is -2.23. The van der Waals surface area contributed by atoms with Crippen molar-refractivity contribution in [3.63, 3.8) is 0 Å². The van der Waals surface area contributed by atoms with Gasteiger partial charge in [-0.15, -0.1) is 11.7 Å². The van der Waals surface area contributed by atoms with E-state index in [9.17, 15) is 20.1 Å². The maximum atomic E-state index is 13.5. The van der Waals surface area contributed by atoms with E-state index in [2.05, 4.69) is 26.9 Å². The van der Waals surface area contributed by atoms with Crippen molar-refractivity contribution in [1.29, 1.82) is 10.5 Å². The number of pyridine rings is 1. The highest BCUT2D eigenvalue weighted by molar-refractivity contribution is 6.00. The highest BCUT2D eigenvalue weighted by atomic mass is 16.3. The Bertz CT molecular complexity index is 1930. The Kier molecular flexibility index (Phi) is 4.92. The van der Waals surface area contributed by atoms with Crippen LogP contribution in [-0.2, 0) is 6.42 Å². The van der Waals surface area contributed by atoms with E-state index in [0.717, 1.165) is 10.1 Å². The van der Waals surface area contributed by atoms with Gasteiger partial charge in [-0.2, -0.15) is 15.6 Å². The fraction of sp³-hybridized carbons (Fsp3) is 0.120. The molecule has 2 N–H and O–H groups in total. The summed E-state index contributed by atoms with van der Waals surface area (Å²) in [4.78, 5) is 29.9. The van der Waals surface area contributed by atoms with Crippen LogP contribution < -0.4 is 16.5 Å². The molecule has 170 valence electrons. The first-order valence-corrected chi connectivity index (χ1v) is 10.6. The number of nitriles is 2. The molecule has 10 heteroatoms. The molecule has 0 fully saturated rings. The third-order valence-corrected chi connectivity index (χ3v) is 5.90. The van der Waals surface area contributed by atoms with Gasteiger partial charge in [-0.1, -0.05) is 18.2 Å². The van der Waals surface area contributed by atoms with Crippen molar-refractivity contribution in [1.82, 2.24) is 14.6 Å². The Labute approximate surface area is 197 Å². The highest BCUT2D eigenvalue weighted by Crippen LogP contribution is 2.28. The van der Waals surface area contributed by atoms with Crippen molar-refractivity contribution in [2.75, 3.05) is 0 Å². The molecule has 1 aliphatic heterocycles. The van der Waals surface area contributed by atoms with Crippen LogP contribution in [0.1, 0.15) is 34.9 Å². The van der Waals surface area contributed by atoms with E-state index in [-0.39, 0.29) is 33.3 Å². The largest absolute Gasteiger partial charge is 0.463 e. The molecule has 35 heavy (non-hydrogen) atoms. The number of benzene rings is 1. The van der Waals surface area contributed by atoms with Gasteiger partial charge in [0, 0.05) is 11.3 Å². The molecule has 3 aromatic heterocycles. The van der Waals surface area contributed by atoms with Gasteiger partial charge in [-0.25, -0.2) is 4.52 Å². The van der Waals surface area contributed by atoms with Crippen LogP contribution in [0.3, 0.4) is 0 Å². The molecule has 10 nitrogen and oxygen atoms in total. The molecule has 0 saturated carbocycles. The van der Waals surface area contributed by atoms with Gasteiger partial charge >= 0.3 is 0 Å². The van der Waals surface area contributed by atoms with Crippen LogP contribution in [0.25, 0.3) is 27.7 Å². The topological polar surface area (TPSA) is 156 Å². The van der Waals surface area contributed by atoms with Crippen molar-refractivity contribution >= 4 is 22.3 Å². The fourth-order valence-electron chi connectivity index (χ4n) is 4.36. The summed E-state index contributed by atoms with van der Waals surface area (Å²) in [6.07, 6.45) is 3.36. The second kappa shape index (κ2) is 7.97. The molecule has 5 rings (SSSR count). The predicted octanol–water partition coefficient (Wildman–Crippen LogP) is 2.71. The Balaban J connectivity index is 1.97. The molecule has 0 unspecified atom stereocenters. The minimum atomic E-state index is -0.737. The number of rotatable bonds is 3. The molecule has 0 amide bonds. The first-order chi connectivity index (χ1) is 16.9. The summed E-state index contributed by atoms with van der Waals surface area (Å²) in [5.74, 6) is 0. The van der Waals surface area contributed by atoms with Gasteiger partial charge < -0.3 is 9.40 Å². The van der Waals surface area contributed by atoms with Gasteiger partial charge in [0.1, 0.15) is 35.1 Å². The Morgan fingerprint density at radius 3 is 2.63 bits per heavy atom. The maximum Gasteiger partial charge on any atom is 0.289 e. The number of hydrogen-bond donors (Lipinski definition) is 2. The number of nitrogens with zero attached hydrogens (tertiary/aromatic N) is 5. The number of aryl methyl sites for hydroxylation is 1. The second-order valence-electron chi connectivity index (χ2n) is 7.97. The summed E-state index contributed by atoms with van der Waals surface area (Å²) < 4.78 is 6.88. The zero-order valence-corrected chi connectivity index (χ0v) is 18.8. The molecule has 0 atom stereocenters. The zero-order valence-electron chi connectivity index (χ0n) is 18.8. The number of aromatic nitrogens is 3. The third kappa shape index (κ3) is 3.09. The molecule has 0 radical (unpaired) electrons. The molecule has 0 aliphatic carbocycles. The van der Waals surface area contributed by atoms with Gasteiger partial charge in [-0.3, -0.25) is 14.7 Å². The van der Waals surface area contributed by atoms with Crippen LogP contribution in [0.2, 0.25) is 0 Å². The van der Waals surface area contributed by atoms with E-state index < -0.39 is 11.0 Å². The highest BCUT2D eigenvalue weighted by Gasteiger charge is 2.25. The molecular weight excluding hydrogens is 446 g/mol. The molecular formula is C25H17N7O3. The van der Waals surface area contributed by atoms with E-state index in [4.69, 9.17) is 4.42 Å². The Hall–Kier alpha value is -5.22. The number of fused-ring (bicyclic) bond motifs is 3. The van der Waals surface area contributed by atoms with Crippen LogP contribution in [0.4, 0.5) is 0 Å². The van der Waals surface area contributed by atoms with Gasteiger partial charge in [0.25, 0.3) is 5.56 Å². The molecule has 4 heterocycles. The van der Waals surface area contributed by atoms with Crippen LogP contribution >= 0.6 is 0 Å². The van der Waals surface area contributed by atoms with Crippen molar-refractivity contribution in [3.05, 3.63) is 91.1 Å². The molecule has 0 bridgehead atoms. The van der Waals surface area contributed by atoms with Crippen molar-refractivity contribution in [2.45, 2.75) is 20.3 Å². The smallest absolute Gasteiger partial charge is 0.289 e. The van der Waals surface area contributed by atoms with Crippen molar-refractivity contribution in [3.8, 4) is 23.3 Å². The van der Waals surface area contributed by atoms with Crippen LogP contribution in [-0.4, -0.2) is 20.3 Å². The average molecular weight is 463 g/mol. The van der Waals surface area contributed by atoms with E-state index in [0.29, 0.717) is 34.5 Å². The molecule has 1 aromatic carbocycles. The zero-order chi connectivity index (χ0) is 24.9. The van der Waals surface area contributed by atoms with E-state index in [1.165, 1.54) is 6.26 Å². The fourth-order valence-corrected chi connectivity index (χ4v) is 4.36. The average Bonchev–Trinajstić information content (AvgIpc) is 3.14. The number of para-hydroxylation sites is 1. The molecule has 0 saturated heterocycles. The Morgan fingerprint density at radius 2 is 1.91 bits per heavy atom. The van der Waals surface area contributed by atoms with E-state index in [1.807, 2.05) is 18.2 Å². The van der Waals surface area contributed by atoms with E-state index >= 15 is 0 Å². The van der Waals surface area contributed by atoms with E-state index in [1.54, 1.807) is 32.1 Å². The summed E-state index contributed by atoms with van der Waals surface area (Å²) in [6.45, 7) is 7.21. The second-order valence-corrected chi connectivity index (χ2v) is 7.97. The lowest BCUT2D eigenvalue weighted by molar-refractivity contribution is 0.601. The lowest BCUT2D eigenvalue weighted by atomic mass is 9.96. The normalized spacial score (nSPS) is 11.9. The first-order valence-electron chi connectivity index (χ1n) is 10.6. The quantitative estimate of drug-likeness (QED) is 0.447. The van der Waals surface area contributed by atoms with Gasteiger partial charge in [0.05, 0.1) is 22.2 Å². The van der Waals surface area contributed by atoms with Gasteiger partial charge in [0.2, 0.25) is 5.43 Å². The van der Waals surface area contributed by atoms with Crippen LogP contribution in [0.15, 0.2) is 61.3 Å². The summed E-state index contributed by atoms with van der Waals surface area (Å²) in [5.41, 5.74) is 1.46. The number of allylic oxidation sites excluding steroid dienone is 1. The lowest BCUT2D eigenvalue weighted by Gasteiger charge is -2.10. The SMILES string of the molecule is C=CCc1cccc2c(=O)c(-c3c(C#N)c(=O)n4[nH]c(C)c5c([nH]c4c3C#N)=NN=C5C)coc12. The maximum absolute atomic E-state index is 13.5. The summed E-state index contributed by atoms with van der Waals surface area (Å²) in [6, 6.07) is 9.05. The summed E-state index contributed by atoms with van der Waals surface area (Å²) >= 11 is 0. The predicted molar refractivity (Wildman–Crippen MR) is 129 cm³/mol. The minimum absolute atomic E-state index is 0.0319. The standard InChI is InChI=1S/C25H17N7O3/c1-4-6-14-7-5-8-15-21(33)18(11-35-22(14)15)20-16(9-26)24-28-23-19(12(2)29-30-23)13(3)31-32(24)25(34)17(20)10-27/h4-5,7-8,11,31H,1,6H2,2-3H3,(H,28,30). The molecule has 1 aliphatic rings.